The molecule has 2 aliphatic rings. The normalized spacial score (nSPS) is 30.2. The molecule has 1 aliphatic heterocycles. The van der Waals surface area contributed by atoms with Gasteiger partial charge in [-0.15, -0.1) is 0 Å². The van der Waals surface area contributed by atoms with Crippen LogP contribution in [-0.4, -0.2) is 54.1 Å². The van der Waals surface area contributed by atoms with E-state index in [9.17, 15) is 14.7 Å². The molecule has 1 N–H and O–H groups in total. The molecule has 5 nitrogen and oxygen atoms in total. The standard InChI is InChI=1S/C15H17NO4/c1-15(14(18)19)11-5-3-2-4-10(11)12(17)13(15)16-6-8-20-9-7-16/h2-5,13H,6-9H2,1H3,(H,18,19). The number of aliphatic carboxylic acids is 1. The zero-order chi connectivity index (χ0) is 14.3. The van der Waals surface area contributed by atoms with Crippen molar-refractivity contribution in [3.63, 3.8) is 0 Å². The van der Waals surface area contributed by atoms with Gasteiger partial charge >= 0.3 is 5.97 Å². The highest BCUT2D eigenvalue weighted by molar-refractivity contribution is 6.11. The van der Waals surface area contributed by atoms with Gasteiger partial charge in [-0.25, -0.2) is 0 Å². The van der Waals surface area contributed by atoms with Crippen LogP contribution in [0.2, 0.25) is 0 Å². The number of ether oxygens (including phenoxy) is 1. The Labute approximate surface area is 117 Å². The van der Waals surface area contributed by atoms with Crippen molar-refractivity contribution in [3.8, 4) is 0 Å². The lowest BCUT2D eigenvalue weighted by Crippen LogP contribution is -2.56. The Balaban J connectivity index is 2.10. The SMILES string of the molecule is CC1(C(=O)O)c2ccccc2C(=O)C1N1CCOCC1. The summed E-state index contributed by atoms with van der Waals surface area (Å²) in [5, 5.41) is 9.73. The molecule has 106 valence electrons. The Kier molecular flexibility index (Phi) is 3.11. The van der Waals surface area contributed by atoms with E-state index >= 15 is 0 Å². The number of hydrogen-bond acceptors (Lipinski definition) is 4. The number of morpholine rings is 1. The van der Waals surface area contributed by atoms with Gasteiger partial charge in [0.05, 0.1) is 19.3 Å². The topological polar surface area (TPSA) is 66.8 Å². The number of rotatable bonds is 2. The van der Waals surface area contributed by atoms with Crippen LogP contribution in [0.1, 0.15) is 22.8 Å². The summed E-state index contributed by atoms with van der Waals surface area (Å²) >= 11 is 0. The van der Waals surface area contributed by atoms with Crippen molar-refractivity contribution < 1.29 is 19.4 Å². The molecule has 1 fully saturated rings. The van der Waals surface area contributed by atoms with Crippen LogP contribution in [0, 0.1) is 0 Å². The van der Waals surface area contributed by atoms with Gasteiger partial charge in [0.15, 0.2) is 5.78 Å². The minimum absolute atomic E-state index is 0.0904. The zero-order valence-corrected chi connectivity index (χ0v) is 11.3. The number of Topliss-reactive ketones (excluding diaryl/α,β-unsaturated/α-hetero) is 1. The Bertz CT molecular complexity index is 565. The Morgan fingerprint density at radius 1 is 1.35 bits per heavy atom. The third-order valence-corrected chi connectivity index (χ3v) is 4.40. The molecule has 3 rings (SSSR count). The van der Waals surface area contributed by atoms with Crippen LogP contribution >= 0.6 is 0 Å². The van der Waals surface area contributed by atoms with Crippen molar-refractivity contribution in [1.82, 2.24) is 4.90 Å². The first-order valence-corrected chi connectivity index (χ1v) is 6.75. The van der Waals surface area contributed by atoms with Crippen LogP contribution in [0.4, 0.5) is 0 Å². The molecule has 20 heavy (non-hydrogen) atoms. The van der Waals surface area contributed by atoms with Crippen molar-refractivity contribution in [3.05, 3.63) is 35.4 Å². The van der Waals surface area contributed by atoms with E-state index in [-0.39, 0.29) is 5.78 Å². The molecule has 0 radical (unpaired) electrons. The molecule has 0 amide bonds. The zero-order valence-electron chi connectivity index (χ0n) is 11.3. The largest absolute Gasteiger partial charge is 0.481 e. The summed E-state index contributed by atoms with van der Waals surface area (Å²) < 4.78 is 5.30. The highest BCUT2D eigenvalue weighted by Gasteiger charge is 2.56. The fourth-order valence-corrected chi connectivity index (χ4v) is 3.31. The number of nitrogens with zero attached hydrogens (tertiary/aromatic N) is 1. The quantitative estimate of drug-likeness (QED) is 0.869. The Morgan fingerprint density at radius 2 is 2.00 bits per heavy atom. The fourth-order valence-electron chi connectivity index (χ4n) is 3.31. The van der Waals surface area contributed by atoms with Crippen LogP contribution in [-0.2, 0) is 14.9 Å². The van der Waals surface area contributed by atoms with Gasteiger partial charge in [0.1, 0.15) is 5.41 Å². The van der Waals surface area contributed by atoms with E-state index in [0.717, 1.165) is 0 Å². The van der Waals surface area contributed by atoms with Gasteiger partial charge in [0.2, 0.25) is 0 Å². The van der Waals surface area contributed by atoms with Crippen molar-refractivity contribution in [2.45, 2.75) is 18.4 Å². The van der Waals surface area contributed by atoms with E-state index in [1.165, 1.54) is 0 Å². The van der Waals surface area contributed by atoms with Crippen LogP contribution in [0.15, 0.2) is 24.3 Å². The summed E-state index contributed by atoms with van der Waals surface area (Å²) in [6.07, 6.45) is 0. The van der Waals surface area contributed by atoms with Crippen molar-refractivity contribution in [2.75, 3.05) is 26.3 Å². The number of carboxylic acids is 1. The predicted octanol–water partition coefficient (Wildman–Crippen LogP) is 0.926. The number of carbonyl (C=O) groups excluding carboxylic acids is 1. The third kappa shape index (κ3) is 1.70. The molecule has 0 saturated carbocycles. The van der Waals surface area contributed by atoms with Gasteiger partial charge in [-0.2, -0.15) is 0 Å². The van der Waals surface area contributed by atoms with Gasteiger partial charge < -0.3 is 9.84 Å². The highest BCUT2D eigenvalue weighted by atomic mass is 16.5. The smallest absolute Gasteiger partial charge is 0.315 e. The van der Waals surface area contributed by atoms with E-state index in [2.05, 4.69) is 0 Å². The van der Waals surface area contributed by atoms with E-state index in [0.29, 0.717) is 37.4 Å². The van der Waals surface area contributed by atoms with Gasteiger partial charge in [0, 0.05) is 18.7 Å². The lowest BCUT2D eigenvalue weighted by molar-refractivity contribution is -0.145. The molecule has 0 spiro atoms. The first kappa shape index (κ1) is 13.3. The number of carbonyl (C=O) groups is 2. The van der Waals surface area contributed by atoms with Crippen LogP contribution < -0.4 is 0 Å². The summed E-state index contributed by atoms with van der Waals surface area (Å²) in [6.45, 7) is 3.91. The van der Waals surface area contributed by atoms with Gasteiger partial charge in [-0.05, 0) is 12.5 Å². The molecule has 1 aromatic rings. The Hall–Kier alpha value is -1.72. The summed E-state index contributed by atoms with van der Waals surface area (Å²) in [4.78, 5) is 26.5. The lowest BCUT2D eigenvalue weighted by atomic mass is 9.80. The number of fused-ring (bicyclic) bond motifs is 1. The van der Waals surface area contributed by atoms with E-state index < -0.39 is 17.4 Å². The maximum absolute atomic E-state index is 12.7. The molecule has 0 bridgehead atoms. The Morgan fingerprint density at radius 3 is 2.65 bits per heavy atom. The van der Waals surface area contributed by atoms with Crippen molar-refractivity contribution in [1.29, 1.82) is 0 Å². The van der Waals surface area contributed by atoms with Gasteiger partial charge in [0.25, 0.3) is 0 Å². The number of benzene rings is 1. The molecule has 2 atom stereocenters. The van der Waals surface area contributed by atoms with Gasteiger partial charge in [-0.3, -0.25) is 14.5 Å². The minimum atomic E-state index is -1.19. The third-order valence-electron chi connectivity index (χ3n) is 4.40. The van der Waals surface area contributed by atoms with Crippen molar-refractivity contribution in [2.24, 2.45) is 0 Å². The monoisotopic (exact) mass is 275 g/mol. The maximum Gasteiger partial charge on any atom is 0.315 e. The molecule has 5 heteroatoms. The molecule has 2 unspecified atom stereocenters. The lowest BCUT2D eigenvalue weighted by Gasteiger charge is -2.38. The first-order valence-electron chi connectivity index (χ1n) is 6.75. The molecular weight excluding hydrogens is 258 g/mol. The van der Waals surface area contributed by atoms with Crippen LogP contribution in [0.3, 0.4) is 0 Å². The molecule has 1 aliphatic carbocycles. The minimum Gasteiger partial charge on any atom is -0.481 e. The average Bonchev–Trinajstić information content (AvgIpc) is 2.70. The summed E-state index contributed by atoms with van der Waals surface area (Å²) in [7, 11) is 0. The second-order valence-corrected chi connectivity index (χ2v) is 5.47. The highest BCUT2D eigenvalue weighted by Crippen LogP contribution is 2.41. The molecule has 1 saturated heterocycles. The van der Waals surface area contributed by atoms with E-state index in [1.807, 2.05) is 4.90 Å². The maximum atomic E-state index is 12.7. The fraction of sp³-hybridized carbons (Fsp3) is 0.467. The molecule has 1 heterocycles. The number of carboxylic acid groups (broad SMARTS) is 1. The van der Waals surface area contributed by atoms with Crippen LogP contribution in [0.25, 0.3) is 0 Å². The summed E-state index contributed by atoms with van der Waals surface area (Å²) in [6, 6.07) is 6.40. The summed E-state index contributed by atoms with van der Waals surface area (Å²) in [5.41, 5.74) is -0.0340. The average molecular weight is 275 g/mol. The molecular formula is C15H17NO4. The van der Waals surface area contributed by atoms with Crippen molar-refractivity contribution >= 4 is 11.8 Å². The van der Waals surface area contributed by atoms with E-state index in [4.69, 9.17) is 4.74 Å². The second kappa shape index (κ2) is 4.68. The summed E-state index contributed by atoms with van der Waals surface area (Å²) in [5.74, 6) is -1.04. The van der Waals surface area contributed by atoms with Crippen LogP contribution in [0.5, 0.6) is 0 Å². The first-order chi connectivity index (χ1) is 9.56. The number of hydrogen-bond donors (Lipinski definition) is 1. The molecule has 1 aromatic carbocycles. The van der Waals surface area contributed by atoms with E-state index in [1.54, 1.807) is 31.2 Å². The van der Waals surface area contributed by atoms with Gasteiger partial charge in [-0.1, -0.05) is 24.3 Å². The predicted molar refractivity (Wildman–Crippen MR) is 71.9 cm³/mol. The second-order valence-electron chi connectivity index (χ2n) is 5.47. The number of ketones is 1. The molecule has 0 aromatic heterocycles.